The molecule has 1 unspecified atom stereocenters. The van der Waals surface area contributed by atoms with Gasteiger partial charge < -0.3 is 10.4 Å². The van der Waals surface area contributed by atoms with Crippen molar-refractivity contribution in [1.29, 1.82) is 0 Å². The summed E-state index contributed by atoms with van der Waals surface area (Å²) in [6.07, 6.45) is 1.37. The van der Waals surface area contributed by atoms with E-state index >= 15 is 0 Å². The Balaban J connectivity index is 2.50. The van der Waals surface area contributed by atoms with E-state index in [2.05, 4.69) is 21.2 Å². The van der Waals surface area contributed by atoms with Crippen LogP contribution in [0.4, 0.5) is 4.39 Å². The molecule has 1 aromatic rings. The van der Waals surface area contributed by atoms with Crippen LogP contribution in [-0.2, 0) is 16.0 Å². The van der Waals surface area contributed by atoms with Gasteiger partial charge in [-0.25, -0.2) is 4.39 Å². The topological polar surface area (TPSA) is 66.4 Å². The van der Waals surface area contributed by atoms with Gasteiger partial charge in [0.25, 0.3) is 0 Å². The Morgan fingerprint density at radius 1 is 1.45 bits per heavy atom. The molecule has 0 bridgehead atoms. The van der Waals surface area contributed by atoms with E-state index in [1.165, 1.54) is 18.2 Å². The molecule has 20 heavy (non-hydrogen) atoms. The lowest BCUT2D eigenvalue weighted by Crippen LogP contribution is -2.33. The summed E-state index contributed by atoms with van der Waals surface area (Å²) in [6, 6.07) is 4.35. The number of amides is 1. The van der Waals surface area contributed by atoms with Crippen LogP contribution in [0.3, 0.4) is 0 Å². The van der Waals surface area contributed by atoms with Gasteiger partial charge in [0.05, 0.1) is 16.8 Å². The van der Waals surface area contributed by atoms with Crippen LogP contribution < -0.4 is 5.32 Å². The fourth-order valence-corrected chi connectivity index (χ4v) is 2.22. The van der Waals surface area contributed by atoms with Crippen molar-refractivity contribution in [3.8, 4) is 0 Å². The van der Waals surface area contributed by atoms with Crippen molar-refractivity contribution in [2.45, 2.75) is 26.2 Å². The molecule has 0 saturated heterocycles. The molecular formula is C14H17BrFNO3. The molecule has 0 spiro atoms. The highest BCUT2D eigenvalue weighted by molar-refractivity contribution is 9.10. The van der Waals surface area contributed by atoms with Gasteiger partial charge in [-0.3, -0.25) is 9.59 Å². The molecule has 1 aromatic carbocycles. The van der Waals surface area contributed by atoms with E-state index in [0.717, 1.165) is 6.42 Å². The first-order valence-electron chi connectivity index (χ1n) is 6.37. The number of benzene rings is 1. The fraction of sp³-hybridized carbons (Fsp3) is 0.429. The summed E-state index contributed by atoms with van der Waals surface area (Å²) in [4.78, 5) is 22.7. The van der Waals surface area contributed by atoms with Crippen LogP contribution in [0, 0.1) is 11.7 Å². The molecule has 0 saturated carbocycles. The minimum absolute atomic E-state index is 0.0946. The number of carboxylic acid groups (broad SMARTS) is 1. The van der Waals surface area contributed by atoms with Crippen LogP contribution in [0.1, 0.15) is 25.3 Å². The number of nitrogens with one attached hydrogen (secondary N) is 1. The van der Waals surface area contributed by atoms with Gasteiger partial charge in [-0.1, -0.05) is 19.4 Å². The van der Waals surface area contributed by atoms with Crippen LogP contribution in [0.2, 0.25) is 0 Å². The van der Waals surface area contributed by atoms with Crippen LogP contribution in [-0.4, -0.2) is 23.5 Å². The first kappa shape index (κ1) is 16.6. The lowest BCUT2D eigenvalue weighted by molar-refractivity contribution is -0.141. The van der Waals surface area contributed by atoms with Crippen molar-refractivity contribution in [3.63, 3.8) is 0 Å². The number of aliphatic carboxylic acids is 1. The maximum atomic E-state index is 13.1. The molecule has 0 radical (unpaired) electrons. The molecule has 110 valence electrons. The third-order valence-corrected chi connectivity index (χ3v) is 3.49. The lowest BCUT2D eigenvalue weighted by Gasteiger charge is -2.12. The van der Waals surface area contributed by atoms with E-state index in [4.69, 9.17) is 5.11 Å². The second-order valence-electron chi connectivity index (χ2n) is 4.55. The standard InChI is InChI=1S/C14H17BrFNO3/c1-2-3-10(14(19)20)8-17-13(18)7-9-4-5-12(16)11(15)6-9/h4-6,10H,2-3,7-8H2,1H3,(H,17,18)(H,19,20). The first-order chi connectivity index (χ1) is 9.43. The quantitative estimate of drug-likeness (QED) is 0.798. The van der Waals surface area contributed by atoms with E-state index in [0.29, 0.717) is 16.5 Å². The van der Waals surface area contributed by atoms with E-state index in [-0.39, 0.29) is 24.7 Å². The van der Waals surface area contributed by atoms with Gasteiger partial charge in [0, 0.05) is 6.54 Å². The average molecular weight is 346 g/mol. The summed E-state index contributed by atoms with van der Waals surface area (Å²) in [5.74, 6) is -2.13. The van der Waals surface area contributed by atoms with Gasteiger partial charge in [0.1, 0.15) is 5.82 Å². The SMILES string of the molecule is CCCC(CNC(=O)Cc1ccc(F)c(Br)c1)C(=O)O. The van der Waals surface area contributed by atoms with Gasteiger partial charge >= 0.3 is 5.97 Å². The summed E-state index contributed by atoms with van der Waals surface area (Å²) >= 11 is 3.05. The first-order valence-corrected chi connectivity index (χ1v) is 7.16. The maximum Gasteiger partial charge on any atom is 0.308 e. The van der Waals surface area contributed by atoms with Gasteiger partial charge in [-0.15, -0.1) is 0 Å². The normalized spacial score (nSPS) is 11.9. The molecule has 1 atom stereocenters. The zero-order chi connectivity index (χ0) is 15.1. The fourth-order valence-electron chi connectivity index (χ4n) is 1.80. The number of carbonyl (C=O) groups is 2. The number of carbonyl (C=O) groups excluding carboxylic acids is 1. The van der Waals surface area contributed by atoms with E-state index in [1.807, 2.05) is 6.92 Å². The molecule has 0 aromatic heterocycles. The summed E-state index contributed by atoms with van der Waals surface area (Å²) < 4.78 is 13.4. The average Bonchev–Trinajstić information content (AvgIpc) is 2.38. The lowest BCUT2D eigenvalue weighted by atomic mass is 10.0. The predicted molar refractivity (Wildman–Crippen MR) is 76.8 cm³/mol. The Kier molecular flexibility index (Phi) is 6.64. The van der Waals surface area contributed by atoms with Gasteiger partial charge in [-0.05, 0) is 40.0 Å². The second kappa shape index (κ2) is 7.99. The van der Waals surface area contributed by atoms with Gasteiger partial charge in [0.2, 0.25) is 5.91 Å². The number of carboxylic acids is 1. The molecule has 1 rings (SSSR count). The molecule has 2 N–H and O–H groups in total. The van der Waals surface area contributed by atoms with Crippen molar-refractivity contribution in [3.05, 3.63) is 34.1 Å². The van der Waals surface area contributed by atoms with Crippen LogP contribution in [0.25, 0.3) is 0 Å². The molecule has 0 fully saturated rings. The van der Waals surface area contributed by atoms with Crippen molar-refractivity contribution in [1.82, 2.24) is 5.32 Å². The van der Waals surface area contributed by atoms with E-state index in [1.54, 1.807) is 0 Å². The van der Waals surface area contributed by atoms with Crippen molar-refractivity contribution < 1.29 is 19.1 Å². The third kappa shape index (κ3) is 5.28. The number of hydrogen-bond donors (Lipinski definition) is 2. The zero-order valence-electron chi connectivity index (χ0n) is 11.2. The van der Waals surface area contributed by atoms with Gasteiger partial charge in [0.15, 0.2) is 0 Å². The zero-order valence-corrected chi connectivity index (χ0v) is 12.7. The second-order valence-corrected chi connectivity index (χ2v) is 5.41. The molecule has 4 nitrogen and oxygen atoms in total. The Labute approximate surface area is 125 Å². The summed E-state index contributed by atoms with van der Waals surface area (Å²) in [6.45, 7) is 2.01. The largest absolute Gasteiger partial charge is 0.481 e. The van der Waals surface area contributed by atoms with Crippen LogP contribution >= 0.6 is 15.9 Å². The molecule has 0 aliphatic carbocycles. The smallest absolute Gasteiger partial charge is 0.308 e. The van der Waals surface area contributed by atoms with E-state index in [9.17, 15) is 14.0 Å². The van der Waals surface area contributed by atoms with Crippen molar-refractivity contribution in [2.24, 2.45) is 5.92 Å². The highest BCUT2D eigenvalue weighted by Crippen LogP contribution is 2.17. The van der Waals surface area contributed by atoms with Crippen LogP contribution in [0.15, 0.2) is 22.7 Å². The van der Waals surface area contributed by atoms with Gasteiger partial charge in [-0.2, -0.15) is 0 Å². The van der Waals surface area contributed by atoms with Crippen LogP contribution in [0.5, 0.6) is 0 Å². The molecule has 6 heteroatoms. The van der Waals surface area contributed by atoms with E-state index < -0.39 is 11.9 Å². The minimum Gasteiger partial charge on any atom is -0.481 e. The molecule has 0 aliphatic rings. The monoisotopic (exact) mass is 345 g/mol. The summed E-state index contributed by atoms with van der Waals surface area (Å²) in [7, 11) is 0. The Morgan fingerprint density at radius 3 is 2.70 bits per heavy atom. The molecule has 0 heterocycles. The Hall–Kier alpha value is -1.43. The molecule has 0 aliphatic heterocycles. The predicted octanol–water partition coefficient (Wildman–Crippen LogP) is 2.75. The third-order valence-electron chi connectivity index (χ3n) is 2.88. The maximum absolute atomic E-state index is 13.1. The number of halogens is 2. The van der Waals surface area contributed by atoms with Crippen molar-refractivity contribution in [2.75, 3.05) is 6.54 Å². The Morgan fingerprint density at radius 2 is 2.15 bits per heavy atom. The molecule has 1 amide bonds. The minimum atomic E-state index is -0.906. The number of rotatable bonds is 7. The summed E-state index contributed by atoms with van der Waals surface area (Å²) in [5, 5.41) is 11.6. The Bertz CT molecular complexity index is 493. The number of hydrogen-bond acceptors (Lipinski definition) is 2. The van der Waals surface area contributed by atoms with Crippen molar-refractivity contribution >= 4 is 27.8 Å². The highest BCUT2D eigenvalue weighted by atomic mass is 79.9. The summed E-state index contributed by atoms with van der Waals surface area (Å²) in [5.41, 5.74) is 0.665. The highest BCUT2D eigenvalue weighted by Gasteiger charge is 2.17. The molecular weight excluding hydrogens is 329 g/mol.